The summed E-state index contributed by atoms with van der Waals surface area (Å²) in [4.78, 5) is 18.8. The zero-order valence-corrected chi connectivity index (χ0v) is 11.9. The van der Waals surface area contributed by atoms with Gasteiger partial charge in [-0.15, -0.1) is 0 Å². The fourth-order valence-electron chi connectivity index (χ4n) is 1.83. The molecule has 1 saturated carbocycles. The maximum absolute atomic E-state index is 12.0. The second-order valence-corrected chi connectivity index (χ2v) is 5.90. The first-order valence-electron chi connectivity index (χ1n) is 6.31. The van der Waals surface area contributed by atoms with Crippen molar-refractivity contribution >= 4 is 28.2 Å². The highest BCUT2D eigenvalue weighted by Crippen LogP contribution is 2.31. The lowest BCUT2D eigenvalue weighted by Gasteiger charge is -2.13. The quantitative estimate of drug-likeness (QED) is 0.853. The first-order chi connectivity index (χ1) is 8.52. The van der Waals surface area contributed by atoms with Gasteiger partial charge in [0.25, 0.3) is 5.91 Å². The predicted molar refractivity (Wildman–Crippen MR) is 75.1 cm³/mol. The second kappa shape index (κ2) is 5.14. The van der Waals surface area contributed by atoms with E-state index in [9.17, 15) is 4.79 Å². The van der Waals surface area contributed by atoms with E-state index in [0.717, 1.165) is 24.5 Å². The fourth-order valence-corrected chi connectivity index (χ4v) is 2.71. The summed E-state index contributed by atoms with van der Waals surface area (Å²) in [5.74, 6) is 0.838. The lowest BCUT2D eigenvalue weighted by atomic mass is 10.4. The smallest absolute Gasteiger partial charge is 0.265 e. The monoisotopic (exact) mass is 268 g/mol. The molecule has 0 radical (unpaired) electrons. The van der Waals surface area contributed by atoms with Crippen LogP contribution < -0.4 is 16.0 Å². The number of rotatable bonds is 5. The summed E-state index contributed by atoms with van der Waals surface area (Å²) in [6.07, 6.45) is 2.10. The highest BCUT2D eigenvalue weighted by Gasteiger charge is 2.35. The average molecular weight is 268 g/mol. The van der Waals surface area contributed by atoms with Crippen LogP contribution in [0.5, 0.6) is 0 Å². The van der Waals surface area contributed by atoms with Gasteiger partial charge in [-0.25, -0.2) is 4.98 Å². The number of nitrogens with two attached hydrogens (primary N) is 1. The molecule has 1 heterocycles. The molecule has 0 aliphatic heterocycles. The molecule has 18 heavy (non-hydrogen) atoms. The number of carbonyl (C=O) groups excluding carboxylic acids is 1. The summed E-state index contributed by atoms with van der Waals surface area (Å²) in [7, 11) is 1.96. The second-order valence-electron chi connectivity index (χ2n) is 4.93. The number of anilines is 2. The Morgan fingerprint density at radius 3 is 2.89 bits per heavy atom. The van der Waals surface area contributed by atoms with Crippen LogP contribution in [-0.2, 0) is 0 Å². The fraction of sp³-hybridized carbons (Fsp3) is 0.667. The van der Waals surface area contributed by atoms with Crippen molar-refractivity contribution in [2.24, 2.45) is 5.92 Å². The molecule has 100 valence electrons. The van der Waals surface area contributed by atoms with Gasteiger partial charge in [0.1, 0.15) is 10.7 Å². The molecule has 1 aromatic rings. The van der Waals surface area contributed by atoms with Crippen molar-refractivity contribution in [3.63, 3.8) is 0 Å². The van der Waals surface area contributed by atoms with Crippen molar-refractivity contribution in [2.75, 3.05) is 24.2 Å². The number of nitrogens with one attached hydrogen (secondary N) is 1. The van der Waals surface area contributed by atoms with Gasteiger partial charge in [0.2, 0.25) is 0 Å². The zero-order chi connectivity index (χ0) is 13.3. The molecule has 1 aliphatic rings. The van der Waals surface area contributed by atoms with Gasteiger partial charge in [-0.05, 0) is 18.8 Å². The summed E-state index contributed by atoms with van der Waals surface area (Å²) < 4.78 is 0. The standard InChI is InChI=1S/C12H20N4OS/c1-4-5-16(3)12-15-10(13)9(18-12)11(17)14-8-6-7(8)2/h7-8H,4-6,13H2,1-3H3,(H,14,17). The molecule has 1 aromatic heterocycles. The van der Waals surface area contributed by atoms with Crippen LogP contribution in [0.1, 0.15) is 36.4 Å². The Labute approximate surface area is 111 Å². The highest BCUT2D eigenvalue weighted by molar-refractivity contribution is 7.18. The Morgan fingerprint density at radius 1 is 1.67 bits per heavy atom. The van der Waals surface area contributed by atoms with Gasteiger partial charge in [0.05, 0.1) is 0 Å². The molecule has 0 saturated heterocycles. The van der Waals surface area contributed by atoms with E-state index in [0.29, 0.717) is 22.7 Å². The normalized spacial score (nSPS) is 21.7. The van der Waals surface area contributed by atoms with Gasteiger partial charge < -0.3 is 16.0 Å². The van der Waals surface area contributed by atoms with Gasteiger partial charge >= 0.3 is 0 Å². The van der Waals surface area contributed by atoms with Crippen molar-refractivity contribution in [2.45, 2.75) is 32.7 Å². The van der Waals surface area contributed by atoms with Gasteiger partial charge in [-0.1, -0.05) is 25.2 Å². The maximum Gasteiger partial charge on any atom is 0.265 e. The molecule has 1 aliphatic carbocycles. The van der Waals surface area contributed by atoms with Crippen molar-refractivity contribution in [1.29, 1.82) is 0 Å². The average Bonchev–Trinajstić information content (AvgIpc) is 2.85. The van der Waals surface area contributed by atoms with E-state index in [-0.39, 0.29) is 5.91 Å². The zero-order valence-electron chi connectivity index (χ0n) is 11.1. The summed E-state index contributed by atoms with van der Waals surface area (Å²) in [6.45, 7) is 5.14. The number of aromatic nitrogens is 1. The van der Waals surface area contributed by atoms with Crippen molar-refractivity contribution in [3.8, 4) is 0 Å². The van der Waals surface area contributed by atoms with Gasteiger partial charge in [0, 0.05) is 19.6 Å². The van der Waals surface area contributed by atoms with E-state index in [1.54, 1.807) is 0 Å². The topological polar surface area (TPSA) is 71.2 Å². The number of thiazole rings is 1. The molecule has 5 nitrogen and oxygen atoms in total. The number of amides is 1. The third-order valence-electron chi connectivity index (χ3n) is 3.16. The number of carbonyl (C=O) groups is 1. The minimum Gasteiger partial charge on any atom is -0.382 e. The van der Waals surface area contributed by atoms with E-state index in [2.05, 4.69) is 24.1 Å². The summed E-state index contributed by atoms with van der Waals surface area (Å²) in [5, 5.41) is 3.79. The van der Waals surface area contributed by atoms with Crippen LogP contribution in [-0.4, -0.2) is 30.5 Å². The Hall–Kier alpha value is -1.30. The minimum absolute atomic E-state index is 0.0875. The molecule has 2 atom stereocenters. The van der Waals surface area contributed by atoms with Crippen LogP contribution in [0.2, 0.25) is 0 Å². The Bertz CT molecular complexity index is 445. The van der Waals surface area contributed by atoms with E-state index in [1.807, 2.05) is 11.9 Å². The first-order valence-corrected chi connectivity index (χ1v) is 7.12. The molecule has 3 N–H and O–H groups in total. The molecule has 2 rings (SSSR count). The van der Waals surface area contributed by atoms with Gasteiger partial charge in [0.15, 0.2) is 5.13 Å². The van der Waals surface area contributed by atoms with E-state index < -0.39 is 0 Å². The Balaban J connectivity index is 2.06. The number of hydrogen-bond donors (Lipinski definition) is 2. The third-order valence-corrected chi connectivity index (χ3v) is 4.34. The lowest BCUT2D eigenvalue weighted by Crippen LogP contribution is -2.26. The van der Waals surface area contributed by atoms with Gasteiger partial charge in [-0.3, -0.25) is 4.79 Å². The van der Waals surface area contributed by atoms with Crippen molar-refractivity contribution in [3.05, 3.63) is 4.88 Å². The molecule has 0 aromatic carbocycles. The number of nitrogens with zero attached hydrogens (tertiary/aromatic N) is 2. The van der Waals surface area contributed by atoms with Gasteiger partial charge in [-0.2, -0.15) is 0 Å². The van der Waals surface area contributed by atoms with E-state index in [4.69, 9.17) is 5.73 Å². The molecule has 2 unspecified atom stereocenters. The molecule has 0 spiro atoms. The molecular weight excluding hydrogens is 248 g/mol. The van der Waals surface area contributed by atoms with E-state index >= 15 is 0 Å². The van der Waals surface area contributed by atoms with Crippen LogP contribution in [0.3, 0.4) is 0 Å². The maximum atomic E-state index is 12.0. The molecule has 6 heteroatoms. The number of nitrogen functional groups attached to an aromatic ring is 1. The molecule has 0 bridgehead atoms. The molecular formula is C12H20N4OS. The van der Waals surface area contributed by atoms with Crippen molar-refractivity contribution < 1.29 is 4.79 Å². The summed E-state index contributed by atoms with van der Waals surface area (Å²) in [5.41, 5.74) is 5.82. The van der Waals surface area contributed by atoms with E-state index in [1.165, 1.54) is 11.3 Å². The van der Waals surface area contributed by atoms with Crippen molar-refractivity contribution in [1.82, 2.24) is 10.3 Å². The summed E-state index contributed by atoms with van der Waals surface area (Å²) >= 11 is 1.36. The third kappa shape index (κ3) is 2.75. The lowest BCUT2D eigenvalue weighted by molar-refractivity contribution is 0.0954. The SMILES string of the molecule is CCCN(C)c1nc(N)c(C(=O)NC2CC2C)s1. The number of hydrogen-bond acceptors (Lipinski definition) is 5. The van der Waals surface area contributed by atoms with Crippen LogP contribution >= 0.6 is 11.3 Å². The van der Waals surface area contributed by atoms with Crippen LogP contribution in [0.25, 0.3) is 0 Å². The minimum atomic E-state index is -0.0875. The first kappa shape index (κ1) is 13.1. The molecule has 1 fully saturated rings. The van der Waals surface area contributed by atoms with Crippen LogP contribution in [0.15, 0.2) is 0 Å². The Kier molecular flexibility index (Phi) is 3.75. The highest BCUT2D eigenvalue weighted by atomic mass is 32.1. The largest absolute Gasteiger partial charge is 0.382 e. The molecule has 1 amide bonds. The Morgan fingerprint density at radius 2 is 2.33 bits per heavy atom. The van der Waals surface area contributed by atoms with Crippen LogP contribution in [0, 0.1) is 5.92 Å². The summed E-state index contributed by atoms with van der Waals surface area (Å²) in [6, 6.07) is 0.316. The predicted octanol–water partition coefficient (Wildman–Crippen LogP) is 1.71. The van der Waals surface area contributed by atoms with Crippen LogP contribution in [0.4, 0.5) is 10.9 Å².